The molecule has 2 aromatic rings. The highest BCUT2D eigenvalue weighted by atomic mass is 32.1. The van der Waals surface area contributed by atoms with Crippen molar-refractivity contribution in [2.45, 2.75) is 19.1 Å². The molecule has 0 unspecified atom stereocenters. The molecular weight excluding hydrogens is 328 g/mol. The van der Waals surface area contributed by atoms with Crippen LogP contribution in [0.1, 0.15) is 16.9 Å². The van der Waals surface area contributed by atoms with Gasteiger partial charge >= 0.3 is 0 Å². The Kier molecular flexibility index (Phi) is 5.00. The standard InChI is InChI=1S/C17H18N2O4S/c1-21-11-5-6-15(22-2)13(8-11)14-9-16(23-19-14)17(20)18-10-12-4-3-7-24-12/h3-8,16H,9-10H2,1-2H3,(H,18,20)/t16-/m1/s1. The number of hydrogen-bond donors (Lipinski definition) is 1. The Bertz CT molecular complexity index is 743. The minimum absolute atomic E-state index is 0.177. The van der Waals surface area contributed by atoms with Gasteiger partial charge in [-0.25, -0.2) is 0 Å². The maximum atomic E-state index is 12.2. The summed E-state index contributed by atoms with van der Waals surface area (Å²) in [6.45, 7) is 0.494. The summed E-state index contributed by atoms with van der Waals surface area (Å²) in [6, 6.07) is 9.37. The van der Waals surface area contributed by atoms with Gasteiger partial charge in [0, 0.05) is 16.9 Å². The van der Waals surface area contributed by atoms with Gasteiger partial charge in [-0.3, -0.25) is 4.79 Å². The minimum Gasteiger partial charge on any atom is -0.497 e. The molecule has 1 N–H and O–H groups in total. The fourth-order valence-electron chi connectivity index (χ4n) is 2.42. The van der Waals surface area contributed by atoms with E-state index in [0.29, 0.717) is 30.2 Å². The second kappa shape index (κ2) is 7.35. The van der Waals surface area contributed by atoms with Crippen molar-refractivity contribution in [2.75, 3.05) is 14.2 Å². The Morgan fingerprint density at radius 2 is 2.25 bits per heavy atom. The van der Waals surface area contributed by atoms with Crippen molar-refractivity contribution in [3.05, 3.63) is 46.2 Å². The molecule has 0 fully saturated rings. The molecule has 1 atom stereocenters. The molecule has 1 aliphatic heterocycles. The fraction of sp³-hybridized carbons (Fsp3) is 0.294. The van der Waals surface area contributed by atoms with E-state index in [1.165, 1.54) is 0 Å². The molecule has 0 aliphatic carbocycles. The number of thiophene rings is 1. The van der Waals surface area contributed by atoms with Crippen LogP contribution in [0.5, 0.6) is 11.5 Å². The molecule has 1 aromatic carbocycles. The summed E-state index contributed by atoms with van der Waals surface area (Å²) in [5.41, 5.74) is 1.44. The minimum atomic E-state index is -0.629. The molecule has 7 heteroatoms. The highest BCUT2D eigenvalue weighted by Crippen LogP contribution is 2.28. The van der Waals surface area contributed by atoms with Crippen LogP contribution in [-0.2, 0) is 16.2 Å². The summed E-state index contributed by atoms with van der Waals surface area (Å²) < 4.78 is 10.6. The van der Waals surface area contributed by atoms with Crippen molar-refractivity contribution in [3.63, 3.8) is 0 Å². The topological polar surface area (TPSA) is 69.1 Å². The summed E-state index contributed by atoms with van der Waals surface area (Å²) in [7, 11) is 3.19. The molecular formula is C17H18N2O4S. The van der Waals surface area contributed by atoms with Crippen LogP contribution in [0, 0.1) is 0 Å². The van der Waals surface area contributed by atoms with Crippen LogP contribution in [0.25, 0.3) is 0 Å². The first-order valence-electron chi connectivity index (χ1n) is 7.46. The first-order valence-corrected chi connectivity index (χ1v) is 8.34. The molecule has 1 amide bonds. The van der Waals surface area contributed by atoms with Gasteiger partial charge in [0.15, 0.2) is 0 Å². The lowest BCUT2D eigenvalue weighted by atomic mass is 10.0. The summed E-state index contributed by atoms with van der Waals surface area (Å²) in [5, 5.41) is 8.90. The van der Waals surface area contributed by atoms with Crippen LogP contribution in [0.3, 0.4) is 0 Å². The number of carbonyl (C=O) groups excluding carboxylic acids is 1. The molecule has 0 saturated heterocycles. The third-order valence-electron chi connectivity index (χ3n) is 3.70. The van der Waals surface area contributed by atoms with E-state index in [1.807, 2.05) is 29.6 Å². The average Bonchev–Trinajstić information content (AvgIpc) is 3.30. The van der Waals surface area contributed by atoms with Gasteiger partial charge in [0.05, 0.1) is 26.5 Å². The number of carbonyl (C=O) groups is 1. The van der Waals surface area contributed by atoms with E-state index in [0.717, 1.165) is 10.4 Å². The van der Waals surface area contributed by atoms with Gasteiger partial charge in [0.2, 0.25) is 6.10 Å². The smallest absolute Gasteiger partial charge is 0.264 e. The second-order valence-electron chi connectivity index (χ2n) is 5.20. The van der Waals surface area contributed by atoms with Crippen LogP contribution in [0.15, 0.2) is 40.9 Å². The van der Waals surface area contributed by atoms with Crippen LogP contribution >= 0.6 is 11.3 Å². The van der Waals surface area contributed by atoms with E-state index < -0.39 is 6.10 Å². The van der Waals surface area contributed by atoms with E-state index in [9.17, 15) is 4.79 Å². The first-order chi connectivity index (χ1) is 11.7. The van der Waals surface area contributed by atoms with Gasteiger partial charge in [-0.2, -0.15) is 0 Å². The van der Waals surface area contributed by atoms with Gasteiger partial charge in [-0.05, 0) is 29.6 Å². The van der Waals surface area contributed by atoms with Gasteiger partial charge < -0.3 is 19.6 Å². The SMILES string of the molecule is COc1ccc(OC)c(C2=NO[C@@H](C(=O)NCc3cccs3)C2)c1. The highest BCUT2D eigenvalue weighted by molar-refractivity contribution is 7.09. The number of rotatable bonds is 6. The van der Waals surface area contributed by atoms with E-state index >= 15 is 0 Å². The maximum Gasteiger partial charge on any atom is 0.264 e. The van der Waals surface area contributed by atoms with E-state index in [1.54, 1.807) is 31.6 Å². The van der Waals surface area contributed by atoms with Crippen molar-refractivity contribution in [1.29, 1.82) is 0 Å². The maximum absolute atomic E-state index is 12.2. The number of benzene rings is 1. The van der Waals surface area contributed by atoms with E-state index in [-0.39, 0.29) is 5.91 Å². The summed E-state index contributed by atoms with van der Waals surface area (Å²) in [5.74, 6) is 1.18. The zero-order chi connectivity index (χ0) is 16.9. The van der Waals surface area contributed by atoms with Crippen molar-refractivity contribution >= 4 is 23.0 Å². The summed E-state index contributed by atoms with van der Waals surface area (Å²) >= 11 is 1.60. The normalized spacial score (nSPS) is 16.2. The third-order valence-corrected chi connectivity index (χ3v) is 4.57. The number of ether oxygens (including phenoxy) is 2. The zero-order valence-corrected chi connectivity index (χ0v) is 14.3. The second-order valence-corrected chi connectivity index (χ2v) is 6.23. The monoisotopic (exact) mass is 346 g/mol. The predicted octanol–water partition coefficient (Wildman–Crippen LogP) is 2.57. The molecule has 24 heavy (non-hydrogen) atoms. The van der Waals surface area contributed by atoms with Gasteiger partial charge in [-0.15, -0.1) is 11.3 Å². The predicted molar refractivity (Wildman–Crippen MR) is 91.7 cm³/mol. The number of nitrogens with one attached hydrogen (secondary N) is 1. The van der Waals surface area contributed by atoms with Gasteiger partial charge in [-0.1, -0.05) is 11.2 Å². The van der Waals surface area contributed by atoms with Crippen molar-refractivity contribution in [3.8, 4) is 11.5 Å². The van der Waals surface area contributed by atoms with Crippen LogP contribution in [0.4, 0.5) is 0 Å². The Balaban J connectivity index is 1.65. The summed E-state index contributed by atoms with van der Waals surface area (Å²) in [6.07, 6.45) is -0.240. The number of amides is 1. The number of oxime groups is 1. The molecule has 6 nitrogen and oxygen atoms in total. The van der Waals surface area contributed by atoms with Crippen molar-refractivity contribution in [1.82, 2.24) is 5.32 Å². The van der Waals surface area contributed by atoms with Crippen LogP contribution in [-0.4, -0.2) is 31.9 Å². The molecule has 126 valence electrons. The quantitative estimate of drug-likeness (QED) is 0.873. The molecule has 1 aliphatic rings. The lowest BCUT2D eigenvalue weighted by Gasteiger charge is -2.10. The van der Waals surface area contributed by atoms with Crippen molar-refractivity contribution < 1.29 is 19.1 Å². The molecule has 0 radical (unpaired) electrons. The lowest BCUT2D eigenvalue weighted by molar-refractivity contribution is -0.131. The largest absolute Gasteiger partial charge is 0.497 e. The Hall–Kier alpha value is -2.54. The molecule has 3 rings (SSSR count). The van der Waals surface area contributed by atoms with Gasteiger partial charge in [0.1, 0.15) is 11.5 Å². The van der Waals surface area contributed by atoms with Crippen molar-refractivity contribution in [2.24, 2.45) is 5.16 Å². The lowest BCUT2D eigenvalue weighted by Crippen LogP contribution is -2.34. The first kappa shape index (κ1) is 16.3. The molecule has 0 saturated carbocycles. The van der Waals surface area contributed by atoms with E-state index in [2.05, 4.69) is 10.5 Å². The van der Waals surface area contributed by atoms with E-state index in [4.69, 9.17) is 14.3 Å². The molecule has 0 bridgehead atoms. The van der Waals surface area contributed by atoms with Gasteiger partial charge in [0.25, 0.3) is 5.91 Å². The van der Waals surface area contributed by atoms with Crippen LogP contribution < -0.4 is 14.8 Å². The fourth-order valence-corrected chi connectivity index (χ4v) is 3.06. The molecule has 2 heterocycles. The Morgan fingerprint density at radius 3 is 2.96 bits per heavy atom. The number of nitrogens with zero attached hydrogens (tertiary/aromatic N) is 1. The Labute approximate surface area is 144 Å². The number of hydrogen-bond acceptors (Lipinski definition) is 6. The Morgan fingerprint density at radius 1 is 1.38 bits per heavy atom. The average molecular weight is 346 g/mol. The molecule has 0 spiro atoms. The third kappa shape index (κ3) is 3.51. The molecule has 1 aromatic heterocycles. The summed E-state index contributed by atoms with van der Waals surface area (Å²) in [4.78, 5) is 18.6. The highest BCUT2D eigenvalue weighted by Gasteiger charge is 2.30. The van der Waals surface area contributed by atoms with Crippen LogP contribution in [0.2, 0.25) is 0 Å². The number of methoxy groups -OCH3 is 2. The zero-order valence-electron chi connectivity index (χ0n) is 13.4.